The SMILES string of the molecule is Cc1ccccc1NC(=O)c1ccnn1-c1ccc2ccc(-c3cccnc3)cn12.O=C(O)C(F)(F)F. The molecule has 37 heavy (non-hydrogen) atoms. The van der Waals surface area contributed by atoms with Gasteiger partial charge in [0.05, 0.1) is 6.20 Å². The van der Waals surface area contributed by atoms with Gasteiger partial charge < -0.3 is 14.8 Å². The molecule has 0 aliphatic rings. The summed E-state index contributed by atoms with van der Waals surface area (Å²) < 4.78 is 35.4. The molecule has 0 aliphatic carbocycles. The average molecular weight is 507 g/mol. The number of hydrogen-bond donors (Lipinski definition) is 2. The van der Waals surface area contributed by atoms with Crippen molar-refractivity contribution in [1.82, 2.24) is 19.2 Å². The summed E-state index contributed by atoms with van der Waals surface area (Å²) in [5.74, 6) is -2.18. The molecule has 0 aliphatic heterocycles. The van der Waals surface area contributed by atoms with E-state index < -0.39 is 12.1 Å². The van der Waals surface area contributed by atoms with Crippen molar-refractivity contribution in [3.8, 4) is 16.9 Å². The number of benzene rings is 1. The van der Waals surface area contributed by atoms with Gasteiger partial charge in [0.1, 0.15) is 11.5 Å². The van der Waals surface area contributed by atoms with Gasteiger partial charge in [-0.05, 0) is 54.4 Å². The number of carbonyl (C=O) groups excluding carboxylic acids is 1. The van der Waals surface area contributed by atoms with Crippen LogP contribution < -0.4 is 5.32 Å². The topological polar surface area (TPSA) is 102 Å². The molecule has 1 amide bonds. The first kappa shape index (κ1) is 25.2. The van der Waals surface area contributed by atoms with Gasteiger partial charge in [0, 0.05) is 35.4 Å². The molecule has 5 rings (SSSR count). The number of aryl methyl sites for hydroxylation is 1. The second-order valence-electron chi connectivity index (χ2n) is 7.85. The number of aliphatic carboxylic acids is 1. The third kappa shape index (κ3) is 5.67. The lowest BCUT2D eigenvalue weighted by Crippen LogP contribution is -2.21. The van der Waals surface area contributed by atoms with Crippen LogP contribution >= 0.6 is 0 Å². The first-order valence-electron chi connectivity index (χ1n) is 10.9. The number of rotatable bonds is 4. The van der Waals surface area contributed by atoms with Crippen molar-refractivity contribution < 1.29 is 27.9 Å². The number of aromatic nitrogens is 4. The van der Waals surface area contributed by atoms with Crippen molar-refractivity contribution in [2.24, 2.45) is 0 Å². The molecule has 2 N–H and O–H groups in total. The highest BCUT2D eigenvalue weighted by molar-refractivity contribution is 6.03. The minimum absolute atomic E-state index is 0.208. The molecule has 0 spiro atoms. The molecule has 0 atom stereocenters. The highest BCUT2D eigenvalue weighted by Crippen LogP contribution is 2.23. The van der Waals surface area contributed by atoms with E-state index in [1.54, 1.807) is 23.1 Å². The number of alkyl halides is 3. The predicted molar refractivity (Wildman–Crippen MR) is 131 cm³/mol. The van der Waals surface area contributed by atoms with E-state index in [9.17, 15) is 18.0 Å². The fourth-order valence-corrected chi connectivity index (χ4v) is 3.52. The van der Waals surface area contributed by atoms with E-state index in [1.165, 1.54) is 0 Å². The molecule has 5 aromatic rings. The van der Waals surface area contributed by atoms with Gasteiger partial charge in [-0.1, -0.05) is 30.3 Å². The molecule has 0 saturated carbocycles. The molecule has 4 heterocycles. The Labute approximate surface area is 208 Å². The van der Waals surface area contributed by atoms with Crippen LogP contribution in [0.15, 0.2) is 91.5 Å². The zero-order valence-electron chi connectivity index (χ0n) is 19.3. The number of nitrogens with one attached hydrogen (secondary N) is 1. The Bertz CT molecular complexity index is 1560. The van der Waals surface area contributed by atoms with Crippen LogP contribution in [-0.4, -0.2) is 42.3 Å². The molecule has 1 aromatic carbocycles. The molecule has 0 fully saturated rings. The molecule has 0 radical (unpaired) electrons. The van der Waals surface area contributed by atoms with Crippen molar-refractivity contribution in [1.29, 1.82) is 0 Å². The van der Waals surface area contributed by atoms with Crippen LogP contribution in [0.4, 0.5) is 18.9 Å². The maximum atomic E-state index is 13.0. The van der Waals surface area contributed by atoms with E-state index in [1.807, 2.05) is 78.3 Å². The highest BCUT2D eigenvalue weighted by Gasteiger charge is 2.38. The average Bonchev–Trinajstić information content (AvgIpc) is 3.52. The third-order valence-corrected chi connectivity index (χ3v) is 5.35. The van der Waals surface area contributed by atoms with Crippen LogP contribution in [0.2, 0.25) is 0 Å². The molecule has 0 unspecified atom stereocenters. The van der Waals surface area contributed by atoms with E-state index in [0.717, 1.165) is 33.7 Å². The normalized spacial score (nSPS) is 11.0. The standard InChI is InChI=1S/C24H19N5O.C2HF3O2/c1-17-5-2-3-7-21(17)27-24(30)22-12-14-26-29(22)23-11-10-20-9-8-19(16-28(20)23)18-6-4-13-25-15-18;3-2(4,5)1(6)7/h2-16H,1H3,(H,27,30);(H,6,7). The third-order valence-electron chi connectivity index (χ3n) is 5.35. The number of para-hydroxylation sites is 1. The Morgan fingerprint density at radius 1 is 0.919 bits per heavy atom. The number of fused-ring (bicyclic) bond motifs is 1. The lowest BCUT2D eigenvalue weighted by molar-refractivity contribution is -0.192. The smallest absolute Gasteiger partial charge is 0.475 e. The van der Waals surface area contributed by atoms with Crippen molar-refractivity contribution in [3.05, 3.63) is 103 Å². The summed E-state index contributed by atoms with van der Waals surface area (Å²) in [5.41, 5.74) is 5.33. The second-order valence-corrected chi connectivity index (χ2v) is 7.85. The number of carbonyl (C=O) groups is 2. The summed E-state index contributed by atoms with van der Waals surface area (Å²) in [6.45, 7) is 1.97. The van der Waals surface area contributed by atoms with Crippen LogP contribution in [0.5, 0.6) is 0 Å². The van der Waals surface area contributed by atoms with E-state index in [2.05, 4.69) is 21.5 Å². The van der Waals surface area contributed by atoms with E-state index in [-0.39, 0.29) is 5.91 Å². The molecular formula is C26H20F3N5O3. The Morgan fingerprint density at radius 3 is 2.32 bits per heavy atom. The van der Waals surface area contributed by atoms with Crippen molar-refractivity contribution >= 4 is 23.1 Å². The van der Waals surface area contributed by atoms with Gasteiger partial charge in [0.2, 0.25) is 0 Å². The van der Waals surface area contributed by atoms with Crippen LogP contribution in [0, 0.1) is 6.92 Å². The summed E-state index contributed by atoms with van der Waals surface area (Å²) in [4.78, 5) is 26.1. The van der Waals surface area contributed by atoms with Crippen molar-refractivity contribution in [2.45, 2.75) is 13.1 Å². The van der Waals surface area contributed by atoms with Gasteiger partial charge in [-0.15, -0.1) is 0 Å². The number of carboxylic acid groups (broad SMARTS) is 1. The van der Waals surface area contributed by atoms with E-state index in [0.29, 0.717) is 5.69 Å². The van der Waals surface area contributed by atoms with Gasteiger partial charge in [0.25, 0.3) is 5.91 Å². The largest absolute Gasteiger partial charge is 0.490 e. The summed E-state index contributed by atoms with van der Waals surface area (Å²) in [7, 11) is 0. The lowest BCUT2D eigenvalue weighted by atomic mass is 10.1. The number of hydrogen-bond acceptors (Lipinski definition) is 4. The molecule has 4 aromatic heterocycles. The van der Waals surface area contributed by atoms with Crippen molar-refractivity contribution in [3.63, 3.8) is 0 Å². The van der Waals surface area contributed by atoms with E-state index in [4.69, 9.17) is 9.90 Å². The first-order valence-corrected chi connectivity index (χ1v) is 10.9. The first-order chi connectivity index (χ1) is 17.6. The summed E-state index contributed by atoms with van der Waals surface area (Å²) in [6, 6.07) is 21.4. The minimum Gasteiger partial charge on any atom is -0.475 e. The number of pyridine rings is 2. The Balaban J connectivity index is 0.000000405. The zero-order valence-corrected chi connectivity index (χ0v) is 19.3. The summed E-state index contributed by atoms with van der Waals surface area (Å²) >= 11 is 0. The minimum atomic E-state index is -5.08. The highest BCUT2D eigenvalue weighted by atomic mass is 19.4. The van der Waals surface area contributed by atoms with Crippen molar-refractivity contribution in [2.75, 3.05) is 5.32 Å². The predicted octanol–water partition coefficient (Wildman–Crippen LogP) is 5.38. The fourth-order valence-electron chi connectivity index (χ4n) is 3.52. The molecule has 8 nitrogen and oxygen atoms in total. The number of amides is 1. The summed E-state index contributed by atoms with van der Waals surface area (Å²) in [6.07, 6.45) is 2.18. The van der Waals surface area contributed by atoms with E-state index >= 15 is 0 Å². The number of carboxylic acids is 1. The zero-order chi connectivity index (χ0) is 26.6. The number of anilines is 1. The van der Waals surface area contributed by atoms with Gasteiger partial charge >= 0.3 is 12.1 Å². The van der Waals surface area contributed by atoms with Crippen LogP contribution in [0.1, 0.15) is 16.1 Å². The fraction of sp³-hybridized carbons (Fsp3) is 0.0769. The molecule has 188 valence electrons. The quantitative estimate of drug-likeness (QED) is 0.340. The van der Waals surface area contributed by atoms with Crippen LogP contribution in [0.25, 0.3) is 22.5 Å². The second kappa shape index (κ2) is 10.4. The lowest BCUT2D eigenvalue weighted by Gasteiger charge is -2.11. The van der Waals surface area contributed by atoms with Gasteiger partial charge in [-0.2, -0.15) is 18.3 Å². The van der Waals surface area contributed by atoms with Gasteiger partial charge in [-0.3, -0.25) is 9.78 Å². The Kier molecular flexibility index (Phi) is 7.05. The Hall–Kier alpha value is -4.93. The number of nitrogens with zero attached hydrogens (tertiary/aromatic N) is 4. The molecular weight excluding hydrogens is 487 g/mol. The number of halogens is 3. The molecule has 0 saturated heterocycles. The molecule has 0 bridgehead atoms. The van der Waals surface area contributed by atoms with Crippen LogP contribution in [-0.2, 0) is 4.79 Å². The van der Waals surface area contributed by atoms with Gasteiger partial charge in [0.15, 0.2) is 0 Å². The van der Waals surface area contributed by atoms with Crippen LogP contribution in [0.3, 0.4) is 0 Å². The molecule has 11 heteroatoms. The van der Waals surface area contributed by atoms with Gasteiger partial charge in [-0.25, -0.2) is 9.48 Å². The maximum absolute atomic E-state index is 13.0. The Morgan fingerprint density at radius 2 is 1.65 bits per heavy atom. The monoisotopic (exact) mass is 507 g/mol. The maximum Gasteiger partial charge on any atom is 0.490 e. The summed E-state index contributed by atoms with van der Waals surface area (Å²) in [5, 5.41) is 14.5.